The summed E-state index contributed by atoms with van der Waals surface area (Å²) in [5, 5.41) is 3.14. The monoisotopic (exact) mass is 334 g/mol. The Morgan fingerprint density at radius 1 is 1.38 bits per heavy atom. The maximum Gasteiger partial charge on any atom is 0.317 e. The van der Waals surface area contributed by atoms with Gasteiger partial charge in [0, 0.05) is 31.5 Å². The molecular weight excluding hydrogens is 304 g/mol. The summed E-state index contributed by atoms with van der Waals surface area (Å²) in [6.45, 7) is 7.00. The minimum atomic E-state index is 0.0490. The molecule has 0 radical (unpaired) electrons. The number of nitrogens with zero attached hydrogens (tertiary/aromatic N) is 1. The van der Waals surface area contributed by atoms with Crippen molar-refractivity contribution in [3.8, 4) is 0 Å². The molecule has 24 heavy (non-hydrogen) atoms. The molecule has 2 fully saturated rings. The molecule has 1 aromatic rings. The normalized spacial score (nSPS) is 23.4. The van der Waals surface area contributed by atoms with Crippen LogP contribution in [0.15, 0.2) is 16.5 Å². The van der Waals surface area contributed by atoms with Gasteiger partial charge in [0.1, 0.15) is 11.5 Å². The molecule has 1 aromatic heterocycles. The maximum atomic E-state index is 12.6. The molecule has 0 spiro atoms. The molecule has 1 saturated carbocycles. The van der Waals surface area contributed by atoms with Gasteiger partial charge in [-0.05, 0) is 38.3 Å². The van der Waals surface area contributed by atoms with Crippen LogP contribution in [0.2, 0.25) is 0 Å². The molecule has 1 N–H and O–H groups in total. The van der Waals surface area contributed by atoms with Gasteiger partial charge in [0.05, 0.1) is 13.2 Å². The SMILES string of the molecule is Cc1ccc(CCC(C)NC(=O)N2CCOCC(C3CCC3)C2)o1. The summed E-state index contributed by atoms with van der Waals surface area (Å²) in [5.74, 6) is 3.18. The molecule has 2 atom stereocenters. The number of aryl methyl sites for hydroxylation is 2. The summed E-state index contributed by atoms with van der Waals surface area (Å²) < 4.78 is 11.3. The van der Waals surface area contributed by atoms with Crippen LogP contribution >= 0.6 is 0 Å². The van der Waals surface area contributed by atoms with E-state index in [1.807, 2.05) is 24.0 Å². The first-order chi connectivity index (χ1) is 11.6. The van der Waals surface area contributed by atoms with Crippen LogP contribution in [-0.2, 0) is 11.2 Å². The van der Waals surface area contributed by atoms with Gasteiger partial charge < -0.3 is 19.4 Å². The molecule has 0 bridgehead atoms. The third-order valence-electron chi connectivity index (χ3n) is 5.39. The third kappa shape index (κ3) is 4.53. The Morgan fingerprint density at radius 2 is 2.21 bits per heavy atom. The zero-order valence-corrected chi connectivity index (χ0v) is 14.9. The molecule has 134 valence electrons. The van der Waals surface area contributed by atoms with Gasteiger partial charge in [-0.3, -0.25) is 0 Å². The zero-order valence-electron chi connectivity index (χ0n) is 14.9. The van der Waals surface area contributed by atoms with E-state index in [1.165, 1.54) is 19.3 Å². The molecule has 1 aliphatic carbocycles. The second-order valence-electron chi connectivity index (χ2n) is 7.37. The van der Waals surface area contributed by atoms with Crippen LogP contribution in [-0.4, -0.2) is 43.3 Å². The van der Waals surface area contributed by atoms with Crippen molar-refractivity contribution in [3.63, 3.8) is 0 Å². The number of hydrogen-bond donors (Lipinski definition) is 1. The van der Waals surface area contributed by atoms with Gasteiger partial charge in [0.25, 0.3) is 0 Å². The number of carbonyl (C=O) groups is 1. The molecule has 2 aliphatic rings. The highest BCUT2D eigenvalue weighted by Gasteiger charge is 2.32. The fourth-order valence-electron chi connectivity index (χ4n) is 3.57. The van der Waals surface area contributed by atoms with Crippen LogP contribution in [0.1, 0.15) is 44.1 Å². The maximum absolute atomic E-state index is 12.6. The summed E-state index contributed by atoms with van der Waals surface area (Å²) in [6.07, 6.45) is 5.65. The van der Waals surface area contributed by atoms with Crippen LogP contribution in [0.4, 0.5) is 4.79 Å². The van der Waals surface area contributed by atoms with Crippen molar-refractivity contribution in [2.75, 3.05) is 26.3 Å². The van der Waals surface area contributed by atoms with Crippen molar-refractivity contribution in [3.05, 3.63) is 23.7 Å². The molecule has 0 aromatic carbocycles. The predicted molar refractivity (Wildman–Crippen MR) is 93.0 cm³/mol. The van der Waals surface area contributed by atoms with Crippen LogP contribution in [0.3, 0.4) is 0 Å². The molecule has 1 saturated heterocycles. The number of furan rings is 1. The van der Waals surface area contributed by atoms with E-state index < -0.39 is 0 Å². The van der Waals surface area contributed by atoms with Gasteiger partial charge in [-0.25, -0.2) is 4.79 Å². The van der Waals surface area contributed by atoms with Crippen molar-refractivity contribution >= 4 is 6.03 Å². The molecule has 2 heterocycles. The number of rotatable bonds is 5. The fourth-order valence-corrected chi connectivity index (χ4v) is 3.57. The Morgan fingerprint density at radius 3 is 2.88 bits per heavy atom. The van der Waals surface area contributed by atoms with Crippen molar-refractivity contribution in [1.29, 1.82) is 0 Å². The summed E-state index contributed by atoms with van der Waals surface area (Å²) in [6, 6.07) is 4.18. The summed E-state index contributed by atoms with van der Waals surface area (Å²) in [5.41, 5.74) is 0. The molecule has 5 nitrogen and oxygen atoms in total. The Balaban J connectivity index is 1.45. The van der Waals surface area contributed by atoms with E-state index in [1.54, 1.807) is 0 Å². The molecule has 1 aliphatic heterocycles. The Labute approximate surface area is 144 Å². The Bertz CT molecular complexity index is 538. The van der Waals surface area contributed by atoms with Crippen LogP contribution < -0.4 is 5.32 Å². The summed E-state index contributed by atoms with van der Waals surface area (Å²) >= 11 is 0. The first-order valence-corrected chi connectivity index (χ1v) is 9.30. The highest BCUT2D eigenvalue weighted by molar-refractivity contribution is 5.74. The lowest BCUT2D eigenvalue weighted by molar-refractivity contribution is 0.0775. The summed E-state index contributed by atoms with van der Waals surface area (Å²) in [4.78, 5) is 14.5. The van der Waals surface area contributed by atoms with Crippen molar-refractivity contribution in [2.45, 2.75) is 52.0 Å². The highest BCUT2D eigenvalue weighted by Crippen LogP contribution is 2.34. The standard InChI is InChI=1S/C19H30N2O3/c1-14(6-8-18-9-7-15(2)24-18)20-19(22)21-10-11-23-13-17(12-21)16-4-3-5-16/h7,9,14,16-17H,3-6,8,10-13H2,1-2H3,(H,20,22). The third-order valence-corrected chi connectivity index (χ3v) is 5.39. The average Bonchev–Trinajstić information content (AvgIpc) is 2.76. The number of ether oxygens (including phenoxy) is 1. The second-order valence-corrected chi connectivity index (χ2v) is 7.37. The second kappa shape index (κ2) is 8.06. The van der Waals surface area contributed by atoms with Gasteiger partial charge in [-0.1, -0.05) is 19.3 Å². The lowest BCUT2D eigenvalue weighted by Crippen LogP contribution is -2.47. The van der Waals surface area contributed by atoms with E-state index >= 15 is 0 Å². The first-order valence-electron chi connectivity index (χ1n) is 9.30. The molecule has 5 heteroatoms. The number of urea groups is 1. The summed E-state index contributed by atoms with van der Waals surface area (Å²) in [7, 11) is 0. The van der Waals surface area contributed by atoms with Gasteiger partial charge >= 0.3 is 6.03 Å². The number of carbonyl (C=O) groups excluding carboxylic acids is 1. The number of amides is 2. The molecule has 2 unspecified atom stereocenters. The molecule has 2 amide bonds. The lowest BCUT2D eigenvalue weighted by Gasteiger charge is -2.35. The fraction of sp³-hybridized carbons (Fsp3) is 0.737. The van der Waals surface area contributed by atoms with Crippen LogP contribution in [0, 0.1) is 18.8 Å². The Hall–Kier alpha value is -1.49. The minimum Gasteiger partial charge on any atom is -0.466 e. The first kappa shape index (κ1) is 17.3. The van der Waals surface area contributed by atoms with Gasteiger partial charge in [-0.2, -0.15) is 0 Å². The lowest BCUT2D eigenvalue weighted by atomic mass is 9.76. The van der Waals surface area contributed by atoms with E-state index in [0.29, 0.717) is 19.1 Å². The van der Waals surface area contributed by atoms with E-state index in [4.69, 9.17) is 9.15 Å². The zero-order chi connectivity index (χ0) is 16.9. The number of nitrogens with one attached hydrogen (secondary N) is 1. The quantitative estimate of drug-likeness (QED) is 0.898. The van der Waals surface area contributed by atoms with Crippen molar-refractivity contribution in [2.24, 2.45) is 11.8 Å². The van der Waals surface area contributed by atoms with E-state index in [2.05, 4.69) is 12.2 Å². The van der Waals surface area contributed by atoms with E-state index in [-0.39, 0.29) is 12.1 Å². The Kier molecular flexibility index (Phi) is 5.82. The van der Waals surface area contributed by atoms with Gasteiger partial charge in [0.2, 0.25) is 0 Å². The van der Waals surface area contributed by atoms with Gasteiger partial charge in [-0.15, -0.1) is 0 Å². The highest BCUT2D eigenvalue weighted by atomic mass is 16.5. The van der Waals surface area contributed by atoms with Crippen LogP contribution in [0.25, 0.3) is 0 Å². The number of hydrogen-bond acceptors (Lipinski definition) is 3. The van der Waals surface area contributed by atoms with Gasteiger partial charge in [0.15, 0.2) is 0 Å². The smallest absolute Gasteiger partial charge is 0.317 e. The predicted octanol–water partition coefficient (Wildman–Crippen LogP) is 3.37. The van der Waals surface area contributed by atoms with E-state index in [9.17, 15) is 4.79 Å². The largest absolute Gasteiger partial charge is 0.466 e. The molecular formula is C19H30N2O3. The van der Waals surface area contributed by atoms with Crippen LogP contribution in [0.5, 0.6) is 0 Å². The van der Waals surface area contributed by atoms with Crippen molar-refractivity contribution < 1.29 is 13.9 Å². The minimum absolute atomic E-state index is 0.0490. The topological polar surface area (TPSA) is 54.7 Å². The van der Waals surface area contributed by atoms with E-state index in [0.717, 1.165) is 43.4 Å². The average molecular weight is 334 g/mol. The molecule has 3 rings (SSSR count). The van der Waals surface area contributed by atoms with Crippen molar-refractivity contribution in [1.82, 2.24) is 10.2 Å².